The highest BCUT2D eigenvalue weighted by atomic mass is 19.1. The SMILES string of the molecule is O=c1cnnc(N/N=C/c2ccc(F)cc2)[nH]1. The second kappa shape index (κ2) is 4.97. The van der Waals surface area contributed by atoms with Crippen LogP contribution in [0.5, 0.6) is 0 Å². The number of nitrogens with one attached hydrogen (secondary N) is 2. The van der Waals surface area contributed by atoms with Crippen LogP contribution in [0.2, 0.25) is 0 Å². The first-order valence-corrected chi connectivity index (χ1v) is 4.71. The van der Waals surface area contributed by atoms with E-state index in [0.29, 0.717) is 5.56 Å². The molecule has 0 atom stereocenters. The molecule has 1 aromatic carbocycles. The number of nitrogens with zero attached hydrogens (tertiary/aromatic N) is 3. The molecular formula is C10H8FN5O. The summed E-state index contributed by atoms with van der Waals surface area (Å²) >= 11 is 0. The van der Waals surface area contributed by atoms with Crippen molar-refractivity contribution in [1.82, 2.24) is 15.2 Å². The van der Waals surface area contributed by atoms with Crippen LogP contribution >= 0.6 is 0 Å². The standard InChI is InChI=1S/C10H8FN5O/c11-8-3-1-7(2-4-8)5-12-15-10-14-9(17)6-13-16-10/h1-6H,(H2,14,15,16,17)/b12-5+. The van der Waals surface area contributed by atoms with Gasteiger partial charge >= 0.3 is 0 Å². The molecule has 0 fully saturated rings. The summed E-state index contributed by atoms with van der Waals surface area (Å²) in [5.41, 5.74) is 2.83. The molecular weight excluding hydrogens is 225 g/mol. The van der Waals surface area contributed by atoms with E-state index in [1.807, 2.05) is 0 Å². The van der Waals surface area contributed by atoms with E-state index in [4.69, 9.17) is 0 Å². The third-order valence-electron chi connectivity index (χ3n) is 1.83. The van der Waals surface area contributed by atoms with Crippen LogP contribution in [-0.4, -0.2) is 21.4 Å². The maximum Gasteiger partial charge on any atom is 0.271 e. The van der Waals surface area contributed by atoms with Crippen LogP contribution in [0.15, 0.2) is 40.4 Å². The molecule has 0 aliphatic rings. The van der Waals surface area contributed by atoms with Crippen LogP contribution in [0.1, 0.15) is 5.56 Å². The van der Waals surface area contributed by atoms with Crippen molar-refractivity contribution in [2.75, 3.05) is 5.43 Å². The van der Waals surface area contributed by atoms with Crippen molar-refractivity contribution >= 4 is 12.2 Å². The monoisotopic (exact) mass is 233 g/mol. The highest BCUT2D eigenvalue weighted by Crippen LogP contribution is 1.99. The van der Waals surface area contributed by atoms with Gasteiger partial charge in [0.25, 0.3) is 5.56 Å². The van der Waals surface area contributed by atoms with Gasteiger partial charge < -0.3 is 0 Å². The topological polar surface area (TPSA) is 83.0 Å². The maximum atomic E-state index is 12.6. The number of rotatable bonds is 3. The average molecular weight is 233 g/mol. The van der Waals surface area contributed by atoms with Crippen molar-refractivity contribution in [2.24, 2.45) is 5.10 Å². The highest BCUT2D eigenvalue weighted by molar-refractivity contribution is 5.79. The van der Waals surface area contributed by atoms with E-state index in [1.54, 1.807) is 12.1 Å². The zero-order valence-corrected chi connectivity index (χ0v) is 8.59. The molecule has 6 nitrogen and oxygen atoms in total. The number of hydrogen-bond donors (Lipinski definition) is 2. The van der Waals surface area contributed by atoms with Gasteiger partial charge in [0.1, 0.15) is 12.0 Å². The van der Waals surface area contributed by atoms with Gasteiger partial charge in [0, 0.05) is 0 Å². The summed E-state index contributed by atoms with van der Waals surface area (Å²) in [5.74, 6) is -0.177. The fourth-order valence-electron chi connectivity index (χ4n) is 1.08. The zero-order valence-electron chi connectivity index (χ0n) is 8.59. The van der Waals surface area contributed by atoms with Crippen molar-refractivity contribution in [3.63, 3.8) is 0 Å². The fraction of sp³-hybridized carbons (Fsp3) is 0. The number of hydrogen-bond acceptors (Lipinski definition) is 5. The number of anilines is 1. The van der Waals surface area contributed by atoms with Gasteiger partial charge in [-0.1, -0.05) is 12.1 Å². The summed E-state index contributed by atoms with van der Waals surface area (Å²) < 4.78 is 12.6. The first kappa shape index (κ1) is 10.9. The number of benzene rings is 1. The molecule has 1 heterocycles. The molecule has 0 saturated heterocycles. The van der Waals surface area contributed by atoms with E-state index in [0.717, 1.165) is 6.20 Å². The molecule has 0 spiro atoms. The minimum Gasteiger partial charge on any atom is -0.289 e. The predicted molar refractivity (Wildman–Crippen MR) is 60.3 cm³/mol. The maximum absolute atomic E-state index is 12.6. The molecule has 0 bridgehead atoms. The lowest BCUT2D eigenvalue weighted by Crippen LogP contribution is -2.10. The summed E-state index contributed by atoms with van der Waals surface area (Å²) in [5, 5.41) is 10.8. The molecule has 2 N–H and O–H groups in total. The Labute approximate surface area is 95.2 Å². The summed E-state index contributed by atoms with van der Waals surface area (Å²) in [6.07, 6.45) is 2.52. The van der Waals surface area contributed by atoms with Gasteiger partial charge in [0.2, 0.25) is 5.95 Å². The van der Waals surface area contributed by atoms with E-state index in [2.05, 4.69) is 25.7 Å². The van der Waals surface area contributed by atoms with Crippen molar-refractivity contribution in [1.29, 1.82) is 0 Å². The molecule has 0 radical (unpaired) electrons. The number of aromatic nitrogens is 3. The predicted octanol–water partition coefficient (Wildman–Crippen LogP) is 0.750. The van der Waals surface area contributed by atoms with Gasteiger partial charge in [0.15, 0.2) is 0 Å². The van der Waals surface area contributed by atoms with E-state index < -0.39 is 0 Å². The first-order valence-electron chi connectivity index (χ1n) is 4.71. The molecule has 0 aliphatic heterocycles. The van der Waals surface area contributed by atoms with Crippen LogP contribution in [0.25, 0.3) is 0 Å². The Hall–Kier alpha value is -2.57. The number of hydrazone groups is 1. The Bertz CT molecular complexity index is 578. The Morgan fingerprint density at radius 3 is 2.82 bits per heavy atom. The number of H-pyrrole nitrogens is 1. The van der Waals surface area contributed by atoms with Crippen LogP contribution < -0.4 is 11.0 Å². The van der Waals surface area contributed by atoms with Crippen molar-refractivity contribution in [2.45, 2.75) is 0 Å². The van der Waals surface area contributed by atoms with E-state index in [1.165, 1.54) is 18.3 Å². The third-order valence-corrected chi connectivity index (χ3v) is 1.83. The smallest absolute Gasteiger partial charge is 0.271 e. The zero-order chi connectivity index (χ0) is 12.1. The first-order chi connectivity index (χ1) is 8.24. The van der Waals surface area contributed by atoms with Gasteiger partial charge in [0.05, 0.1) is 6.21 Å². The van der Waals surface area contributed by atoms with Crippen molar-refractivity contribution in [3.05, 3.63) is 52.2 Å². The second-order valence-electron chi connectivity index (χ2n) is 3.10. The Morgan fingerprint density at radius 2 is 2.12 bits per heavy atom. The van der Waals surface area contributed by atoms with E-state index in [9.17, 15) is 9.18 Å². The molecule has 1 aromatic heterocycles. The summed E-state index contributed by atoms with van der Waals surface area (Å²) in [7, 11) is 0. The molecule has 2 rings (SSSR count). The lowest BCUT2D eigenvalue weighted by molar-refractivity contribution is 0.628. The van der Waals surface area contributed by atoms with Crippen molar-refractivity contribution < 1.29 is 4.39 Å². The number of aromatic amines is 1. The highest BCUT2D eigenvalue weighted by Gasteiger charge is 1.92. The average Bonchev–Trinajstić information content (AvgIpc) is 2.32. The van der Waals surface area contributed by atoms with Crippen LogP contribution in [-0.2, 0) is 0 Å². The van der Waals surface area contributed by atoms with E-state index >= 15 is 0 Å². The molecule has 0 unspecified atom stereocenters. The lowest BCUT2D eigenvalue weighted by atomic mass is 10.2. The molecule has 2 aromatic rings. The summed E-state index contributed by atoms with van der Waals surface area (Å²) in [4.78, 5) is 13.3. The third kappa shape index (κ3) is 3.20. The molecule has 7 heteroatoms. The minimum absolute atomic E-state index is 0.135. The summed E-state index contributed by atoms with van der Waals surface area (Å²) in [6, 6.07) is 5.79. The van der Waals surface area contributed by atoms with Crippen LogP contribution in [0.4, 0.5) is 10.3 Å². The number of halogens is 1. The molecule has 86 valence electrons. The molecule has 0 saturated carbocycles. The fourth-order valence-corrected chi connectivity index (χ4v) is 1.08. The van der Waals surface area contributed by atoms with E-state index in [-0.39, 0.29) is 17.3 Å². The van der Waals surface area contributed by atoms with Crippen LogP contribution in [0, 0.1) is 5.82 Å². The Balaban J connectivity index is 2.02. The second-order valence-corrected chi connectivity index (χ2v) is 3.10. The quantitative estimate of drug-likeness (QED) is 0.605. The molecule has 0 amide bonds. The van der Waals surface area contributed by atoms with Gasteiger partial charge in [-0.2, -0.15) is 5.10 Å². The van der Waals surface area contributed by atoms with Gasteiger partial charge in [-0.05, 0) is 17.7 Å². The lowest BCUT2D eigenvalue weighted by Gasteiger charge is -1.96. The summed E-state index contributed by atoms with van der Waals surface area (Å²) in [6.45, 7) is 0. The van der Waals surface area contributed by atoms with Crippen molar-refractivity contribution in [3.8, 4) is 0 Å². The van der Waals surface area contributed by atoms with Gasteiger partial charge in [-0.3, -0.25) is 9.78 Å². The Morgan fingerprint density at radius 1 is 1.35 bits per heavy atom. The van der Waals surface area contributed by atoms with Gasteiger partial charge in [-0.15, -0.1) is 10.2 Å². The normalized spacial score (nSPS) is 10.6. The minimum atomic E-state index is -0.375. The molecule has 0 aliphatic carbocycles. The van der Waals surface area contributed by atoms with Crippen LogP contribution in [0.3, 0.4) is 0 Å². The Kier molecular flexibility index (Phi) is 3.20. The molecule has 17 heavy (non-hydrogen) atoms. The largest absolute Gasteiger partial charge is 0.289 e. The van der Waals surface area contributed by atoms with Gasteiger partial charge in [-0.25, -0.2) is 9.82 Å².